The average molecular weight is 222 g/mol. The van der Waals surface area contributed by atoms with Crippen molar-refractivity contribution in [3.63, 3.8) is 0 Å². The van der Waals surface area contributed by atoms with Gasteiger partial charge >= 0.3 is 0 Å². The molecule has 1 N–H and O–H groups in total. The van der Waals surface area contributed by atoms with Gasteiger partial charge in [0, 0.05) is 10.8 Å². The molecule has 0 aromatic carbocycles. The smallest absolute Gasteiger partial charge is 0.137 e. The largest absolute Gasteiger partial charge is 0.511 e. The van der Waals surface area contributed by atoms with Crippen LogP contribution in [0.5, 0.6) is 0 Å². The Labute approximate surface area is 93.7 Å². The predicted octanol–water partition coefficient (Wildman–Crippen LogP) is 3.25. The first kappa shape index (κ1) is 11.7. The summed E-state index contributed by atoms with van der Waals surface area (Å²) in [5.74, 6) is 0.0207. The summed E-state index contributed by atoms with van der Waals surface area (Å²) < 4.78 is 0. The maximum Gasteiger partial charge on any atom is 0.137 e. The number of aromatic nitrogens is 1. The standard InChI is InChI=1S/C11H14N2OS/c1-7(14)8(5-12)10-13-9(6-15-10)11(2,3)4/h6,14H,1-4H3. The van der Waals surface area contributed by atoms with E-state index in [1.54, 1.807) is 0 Å². The Morgan fingerprint density at radius 3 is 2.47 bits per heavy atom. The average Bonchev–Trinajstić information content (AvgIpc) is 2.52. The van der Waals surface area contributed by atoms with E-state index in [0.29, 0.717) is 5.01 Å². The Morgan fingerprint density at radius 2 is 2.13 bits per heavy atom. The number of nitriles is 1. The molecule has 80 valence electrons. The Kier molecular flexibility index (Phi) is 3.15. The first-order valence-electron chi connectivity index (χ1n) is 4.62. The van der Waals surface area contributed by atoms with Crippen molar-refractivity contribution in [1.82, 2.24) is 4.98 Å². The number of allylic oxidation sites excluding steroid dienone is 2. The van der Waals surface area contributed by atoms with Crippen LogP contribution in [0.3, 0.4) is 0 Å². The highest BCUT2D eigenvalue weighted by Gasteiger charge is 2.19. The van der Waals surface area contributed by atoms with Crippen molar-refractivity contribution in [1.29, 1.82) is 5.26 Å². The predicted molar refractivity (Wildman–Crippen MR) is 61.6 cm³/mol. The highest BCUT2D eigenvalue weighted by molar-refractivity contribution is 7.10. The molecule has 0 fully saturated rings. The molecule has 4 heteroatoms. The Morgan fingerprint density at radius 1 is 1.53 bits per heavy atom. The molecule has 3 nitrogen and oxygen atoms in total. The minimum absolute atomic E-state index is 0.0207. The van der Waals surface area contributed by atoms with Gasteiger partial charge in [-0.15, -0.1) is 11.3 Å². The lowest BCUT2D eigenvalue weighted by Gasteiger charge is -2.14. The quantitative estimate of drug-likeness (QED) is 0.586. The summed E-state index contributed by atoms with van der Waals surface area (Å²) in [6.45, 7) is 7.69. The third-order valence-electron chi connectivity index (χ3n) is 1.96. The van der Waals surface area contributed by atoms with Crippen molar-refractivity contribution < 1.29 is 5.11 Å². The first-order valence-corrected chi connectivity index (χ1v) is 5.50. The molecule has 1 aromatic heterocycles. The third-order valence-corrected chi connectivity index (χ3v) is 2.82. The maximum absolute atomic E-state index is 9.30. The lowest BCUT2D eigenvalue weighted by Crippen LogP contribution is -2.11. The van der Waals surface area contributed by atoms with Crippen LogP contribution in [0.25, 0.3) is 5.57 Å². The van der Waals surface area contributed by atoms with Gasteiger partial charge in [0.05, 0.1) is 5.69 Å². The van der Waals surface area contributed by atoms with E-state index in [2.05, 4.69) is 25.8 Å². The molecule has 1 rings (SSSR count). The van der Waals surface area contributed by atoms with E-state index < -0.39 is 0 Å². The molecule has 0 spiro atoms. The van der Waals surface area contributed by atoms with Crippen molar-refractivity contribution in [2.45, 2.75) is 33.1 Å². The molecule has 1 heterocycles. The molecule has 0 amide bonds. The van der Waals surface area contributed by atoms with Crippen LogP contribution in [0.2, 0.25) is 0 Å². The molecule has 1 aromatic rings. The summed E-state index contributed by atoms with van der Waals surface area (Å²) in [7, 11) is 0. The number of aliphatic hydroxyl groups excluding tert-OH is 1. The fourth-order valence-corrected chi connectivity index (χ4v) is 2.11. The molecule has 0 aliphatic rings. The van der Waals surface area contributed by atoms with Crippen molar-refractivity contribution >= 4 is 16.9 Å². The highest BCUT2D eigenvalue weighted by atomic mass is 32.1. The minimum Gasteiger partial charge on any atom is -0.511 e. The molecule has 0 saturated heterocycles. The fraction of sp³-hybridized carbons (Fsp3) is 0.455. The van der Waals surface area contributed by atoms with Crippen LogP contribution in [0.15, 0.2) is 11.1 Å². The zero-order valence-electron chi connectivity index (χ0n) is 9.33. The Bertz CT molecular complexity index is 428. The molecule has 15 heavy (non-hydrogen) atoms. The Balaban J connectivity index is 3.17. The van der Waals surface area contributed by atoms with Crippen molar-refractivity contribution in [2.24, 2.45) is 0 Å². The molecule has 0 atom stereocenters. The van der Waals surface area contributed by atoms with Gasteiger partial charge in [0.25, 0.3) is 0 Å². The van der Waals surface area contributed by atoms with Gasteiger partial charge in [0.15, 0.2) is 0 Å². The van der Waals surface area contributed by atoms with Gasteiger partial charge in [0.1, 0.15) is 22.4 Å². The summed E-state index contributed by atoms with van der Waals surface area (Å²) >= 11 is 1.39. The number of rotatable bonds is 1. The number of thiazole rings is 1. The summed E-state index contributed by atoms with van der Waals surface area (Å²) in [5, 5.41) is 20.7. The van der Waals surface area contributed by atoms with E-state index in [0.717, 1.165) is 5.69 Å². The van der Waals surface area contributed by atoms with Crippen LogP contribution >= 0.6 is 11.3 Å². The van der Waals surface area contributed by atoms with Gasteiger partial charge in [0.2, 0.25) is 0 Å². The molecular weight excluding hydrogens is 208 g/mol. The van der Waals surface area contributed by atoms with Gasteiger partial charge in [-0.25, -0.2) is 4.98 Å². The normalized spacial score (nSPS) is 13.3. The topological polar surface area (TPSA) is 56.9 Å². The molecule has 0 radical (unpaired) electrons. The monoisotopic (exact) mass is 222 g/mol. The highest BCUT2D eigenvalue weighted by Crippen LogP contribution is 2.27. The van der Waals surface area contributed by atoms with Crippen LogP contribution < -0.4 is 0 Å². The molecule has 0 bridgehead atoms. The van der Waals surface area contributed by atoms with Crippen molar-refractivity contribution in [2.75, 3.05) is 0 Å². The second kappa shape index (κ2) is 4.03. The van der Waals surface area contributed by atoms with Gasteiger partial charge < -0.3 is 5.11 Å². The molecule has 0 aliphatic carbocycles. The fourth-order valence-electron chi connectivity index (χ4n) is 1.02. The molecule has 0 saturated carbocycles. The molecular formula is C11H14N2OS. The third kappa shape index (κ3) is 2.57. The van der Waals surface area contributed by atoms with E-state index in [9.17, 15) is 5.11 Å². The number of aliphatic hydroxyl groups is 1. The van der Waals surface area contributed by atoms with E-state index in [4.69, 9.17) is 5.26 Å². The number of hydrogen-bond acceptors (Lipinski definition) is 4. The second-order valence-electron chi connectivity index (χ2n) is 4.36. The lowest BCUT2D eigenvalue weighted by atomic mass is 9.93. The van der Waals surface area contributed by atoms with E-state index in [1.165, 1.54) is 18.3 Å². The summed E-state index contributed by atoms with van der Waals surface area (Å²) in [6.07, 6.45) is 0. The zero-order valence-corrected chi connectivity index (χ0v) is 10.1. The van der Waals surface area contributed by atoms with Crippen LogP contribution in [0, 0.1) is 11.3 Å². The SMILES string of the molecule is CC(O)=C(C#N)c1nc(C(C)(C)C)cs1. The van der Waals surface area contributed by atoms with Crippen molar-refractivity contribution in [3.8, 4) is 6.07 Å². The van der Waals surface area contributed by atoms with E-state index in [-0.39, 0.29) is 16.7 Å². The number of hydrogen-bond donors (Lipinski definition) is 1. The summed E-state index contributed by atoms with van der Waals surface area (Å²) in [4.78, 5) is 4.35. The van der Waals surface area contributed by atoms with Crippen LogP contribution in [0.4, 0.5) is 0 Å². The van der Waals surface area contributed by atoms with Crippen molar-refractivity contribution in [3.05, 3.63) is 21.8 Å². The second-order valence-corrected chi connectivity index (χ2v) is 5.22. The Hall–Kier alpha value is -1.34. The van der Waals surface area contributed by atoms with Gasteiger partial charge in [-0.1, -0.05) is 20.8 Å². The zero-order chi connectivity index (χ0) is 11.6. The molecule has 0 unspecified atom stereocenters. The summed E-state index contributed by atoms with van der Waals surface area (Å²) in [6, 6.07) is 1.96. The lowest BCUT2D eigenvalue weighted by molar-refractivity contribution is 0.418. The first-order chi connectivity index (χ1) is 6.86. The molecule has 0 aliphatic heterocycles. The van der Waals surface area contributed by atoms with E-state index in [1.807, 2.05) is 11.4 Å². The summed E-state index contributed by atoms with van der Waals surface area (Å²) in [5.41, 5.74) is 1.17. The van der Waals surface area contributed by atoms with Gasteiger partial charge in [-0.05, 0) is 6.92 Å². The minimum atomic E-state index is -0.0291. The van der Waals surface area contributed by atoms with Gasteiger partial charge in [-0.2, -0.15) is 5.26 Å². The van der Waals surface area contributed by atoms with Crippen LogP contribution in [-0.2, 0) is 5.41 Å². The van der Waals surface area contributed by atoms with E-state index >= 15 is 0 Å². The van der Waals surface area contributed by atoms with Gasteiger partial charge in [-0.3, -0.25) is 0 Å². The number of nitrogens with zero attached hydrogens (tertiary/aromatic N) is 2. The van der Waals surface area contributed by atoms with Crippen LogP contribution in [-0.4, -0.2) is 10.1 Å². The van der Waals surface area contributed by atoms with Crippen LogP contribution in [0.1, 0.15) is 38.4 Å². The maximum atomic E-state index is 9.30.